The van der Waals surface area contributed by atoms with Crippen LogP contribution in [0, 0.1) is 17.7 Å². The van der Waals surface area contributed by atoms with Crippen molar-refractivity contribution in [1.82, 2.24) is 0 Å². The monoisotopic (exact) mass is 327 g/mol. The van der Waals surface area contributed by atoms with Crippen molar-refractivity contribution in [3.05, 3.63) is 34.1 Å². The molecule has 0 radical (unpaired) electrons. The van der Waals surface area contributed by atoms with Crippen molar-refractivity contribution in [2.75, 3.05) is 0 Å². The van der Waals surface area contributed by atoms with Gasteiger partial charge in [-0.15, -0.1) is 0 Å². The molecule has 3 atom stereocenters. The van der Waals surface area contributed by atoms with Crippen molar-refractivity contribution in [3.8, 4) is 0 Å². The predicted molar refractivity (Wildman–Crippen MR) is 81.6 cm³/mol. The standard InChI is InChI=1S/C16H23BrFN/c1-10-7-8-11(14(19)9-10)16(2,3)12-5-4-6-13(17)15(12)18/h4-6,10-11,14H,7-9,19H2,1-3H3. The Morgan fingerprint density at radius 2 is 2.00 bits per heavy atom. The van der Waals surface area contributed by atoms with Gasteiger partial charge in [-0.1, -0.05) is 39.3 Å². The van der Waals surface area contributed by atoms with E-state index in [1.54, 1.807) is 6.07 Å². The van der Waals surface area contributed by atoms with Crippen LogP contribution < -0.4 is 5.73 Å². The molecule has 1 fully saturated rings. The Kier molecular flexibility index (Phi) is 4.36. The van der Waals surface area contributed by atoms with E-state index in [1.807, 2.05) is 12.1 Å². The minimum absolute atomic E-state index is 0.140. The van der Waals surface area contributed by atoms with Crippen LogP contribution in [0.15, 0.2) is 22.7 Å². The van der Waals surface area contributed by atoms with Gasteiger partial charge in [-0.05, 0) is 57.7 Å². The van der Waals surface area contributed by atoms with Gasteiger partial charge in [0.25, 0.3) is 0 Å². The number of halogens is 2. The summed E-state index contributed by atoms with van der Waals surface area (Å²) in [6.45, 7) is 6.50. The van der Waals surface area contributed by atoms with Gasteiger partial charge < -0.3 is 5.73 Å². The molecule has 1 aromatic carbocycles. The molecule has 0 heterocycles. The fourth-order valence-electron chi connectivity index (χ4n) is 3.52. The minimum Gasteiger partial charge on any atom is -0.327 e. The smallest absolute Gasteiger partial charge is 0.141 e. The van der Waals surface area contributed by atoms with E-state index in [0.717, 1.165) is 18.4 Å². The summed E-state index contributed by atoms with van der Waals surface area (Å²) < 4.78 is 14.9. The summed E-state index contributed by atoms with van der Waals surface area (Å²) in [5.41, 5.74) is 6.89. The van der Waals surface area contributed by atoms with Gasteiger partial charge in [0.2, 0.25) is 0 Å². The number of hydrogen-bond acceptors (Lipinski definition) is 1. The van der Waals surface area contributed by atoms with Crippen LogP contribution in [-0.4, -0.2) is 6.04 Å². The highest BCUT2D eigenvalue weighted by molar-refractivity contribution is 9.10. The lowest BCUT2D eigenvalue weighted by Gasteiger charge is -2.43. The normalized spacial score (nSPS) is 28.4. The highest BCUT2D eigenvalue weighted by Gasteiger charge is 2.39. The number of hydrogen-bond donors (Lipinski definition) is 1. The Balaban J connectivity index is 2.33. The zero-order chi connectivity index (χ0) is 14.2. The average Bonchev–Trinajstić information content (AvgIpc) is 2.31. The Morgan fingerprint density at radius 1 is 1.32 bits per heavy atom. The summed E-state index contributed by atoms with van der Waals surface area (Å²) >= 11 is 3.28. The Bertz CT molecular complexity index is 458. The summed E-state index contributed by atoms with van der Waals surface area (Å²) in [6.07, 6.45) is 3.32. The Hall–Kier alpha value is -0.410. The van der Waals surface area contributed by atoms with Crippen LogP contribution >= 0.6 is 15.9 Å². The van der Waals surface area contributed by atoms with E-state index in [-0.39, 0.29) is 17.3 Å². The van der Waals surface area contributed by atoms with Gasteiger partial charge >= 0.3 is 0 Å². The van der Waals surface area contributed by atoms with E-state index in [4.69, 9.17) is 5.73 Å². The molecule has 0 saturated heterocycles. The van der Waals surface area contributed by atoms with Crippen molar-refractivity contribution in [2.45, 2.75) is 51.5 Å². The summed E-state index contributed by atoms with van der Waals surface area (Å²) in [4.78, 5) is 0. The molecule has 3 unspecified atom stereocenters. The van der Waals surface area contributed by atoms with Crippen molar-refractivity contribution in [2.24, 2.45) is 17.6 Å². The quantitative estimate of drug-likeness (QED) is 0.842. The molecule has 1 aliphatic carbocycles. The molecule has 2 rings (SSSR count). The summed E-state index contributed by atoms with van der Waals surface area (Å²) in [5.74, 6) is 0.889. The topological polar surface area (TPSA) is 26.0 Å². The molecule has 0 bridgehead atoms. The molecule has 1 aliphatic rings. The fraction of sp³-hybridized carbons (Fsp3) is 0.625. The van der Waals surface area contributed by atoms with Crippen LogP contribution in [-0.2, 0) is 5.41 Å². The van der Waals surface area contributed by atoms with E-state index in [1.165, 1.54) is 6.42 Å². The highest BCUT2D eigenvalue weighted by Crippen LogP contribution is 2.43. The second kappa shape index (κ2) is 5.53. The van der Waals surface area contributed by atoms with Crippen LogP contribution in [0.25, 0.3) is 0 Å². The maximum absolute atomic E-state index is 14.4. The van der Waals surface area contributed by atoms with Gasteiger partial charge in [0.1, 0.15) is 5.82 Å². The van der Waals surface area contributed by atoms with Gasteiger partial charge in [0.15, 0.2) is 0 Å². The summed E-state index contributed by atoms with van der Waals surface area (Å²) in [7, 11) is 0. The highest BCUT2D eigenvalue weighted by atomic mass is 79.9. The maximum Gasteiger partial charge on any atom is 0.141 e. The van der Waals surface area contributed by atoms with E-state index >= 15 is 0 Å². The molecular weight excluding hydrogens is 305 g/mol. The lowest BCUT2D eigenvalue weighted by Crippen LogP contribution is -2.46. The molecular formula is C16H23BrFN. The van der Waals surface area contributed by atoms with Crippen LogP contribution in [0.4, 0.5) is 4.39 Å². The zero-order valence-electron chi connectivity index (χ0n) is 11.9. The van der Waals surface area contributed by atoms with Gasteiger partial charge in [0, 0.05) is 6.04 Å². The molecule has 19 heavy (non-hydrogen) atoms. The van der Waals surface area contributed by atoms with Gasteiger partial charge in [-0.3, -0.25) is 0 Å². The largest absolute Gasteiger partial charge is 0.327 e. The third-order valence-corrected chi connectivity index (χ3v) is 5.35. The molecule has 0 spiro atoms. The second-order valence-electron chi connectivity index (χ2n) is 6.51. The number of rotatable bonds is 2. The zero-order valence-corrected chi connectivity index (χ0v) is 13.5. The van der Waals surface area contributed by atoms with Gasteiger partial charge in [-0.25, -0.2) is 4.39 Å². The van der Waals surface area contributed by atoms with Crippen molar-refractivity contribution >= 4 is 15.9 Å². The molecule has 106 valence electrons. The van der Waals surface area contributed by atoms with Crippen molar-refractivity contribution < 1.29 is 4.39 Å². The van der Waals surface area contributed by atoms with Gasteiger partial charge in [0.05, 0.1) is 4.47 Å². The Labute approximate surface area is 123 Å². The maximum atomic E-state index is 14.4. The molecule has 2 N–H and O–H groups in total. The molecule has 1 nitrogen and oxygen atoms in total. The molecule has 1 aromatic rings. The van der Waals surface area contributed by atoms with Crippen molar-refractivity contribution in [1.29, 1.82) is 0 Å². The first-order valence-corrected chi connectivity index (χ1v) is 7.83. The number of benzene rings is 1. The minimum atomic E-state index is -0.229. The lowest BCUT2D eigenvalue weighted by molar-refractivity contribution is 0.168. The summed E-state index contributed by atoms with van der Waals surface area (Å²) in [5, 5.41) is 0. The lowest BCUT2D eigenvalue weighted by atomic mass is 9.64. The van der Waals surface area contributed by atoms with Crippen LogP contribution in [0.5, 0.6) is 0 Å². The first-order valence-electron chi connectivity index (χ1n) is 7.04. The molecule has 0 aromatic heterocycles. The third-order valence-electron chi connectivity index (χ3n) is 4.73. The van der Waals surface area contributed by atoms with E-state index < -0.39 is 0 Å². The number of nitrogens with two attached hydrogens (primary N) is 1. The van der Waals surface area contributed by atoms with E-state index in [2.05, 4.69) is 36.7 Å². The molecule has 0 amide bonds. The van der Waals surface area contributed by atoms with Crippen LogP contribution in [0.1, 0.15) is 45.6 Å². The second-order valence-corrected chi connectivity index (χ2v) is 7.37. The van der Waals surface area contributed by atoms with E-state index in [0.29, 0.717) is 16.3 Å². The molecule has 3 heteroatoms. The van der Waals surface area contributed by atoms with Crippen molar-refractivity contribution in [3.63, 3.8) is 0 Å². The fourth-order valence-corrected chi connectivity index (χ4v) is 3.89. The van der Waals surface area contributed by atoms with Crippen LogP contribution in [0.2, 0.25) is 0 Å². The third kappa shape index (κ3) is 2.87. The first-order chi connectivity index (χ1) is 8.84. The van der Waals surface area contributed by atoms with E-state index in [9.17, 15) is 4.39 Å². The molecule has 0 aliphatic heterocycles. The average molecular weight is 328 g/mol. The first kappa shape index (κ1) is 15.0. The predicted octanol–water partition coefficient (Wildman–Crippen LogP) is 4.63. The molecule has 1 saturated carbocycles. The SMILES string of the molecule is CC1CCC(C(C)(C)c2cccc(Br)c2F)C(N)C1. The van der Waals surface area contributed by atoms with Gasteiger partial charge in [-0.2, -0.15) is 0 Å². The Morgan fingerprint density at radius 3 is 2.63 bits per heavy atom. The van der Waals surface area contributed by atoms with Crippen LogP contribution in [0.3, 0.4) is 0 Å². The summed E-state index contributed by atoms with van der Waals surface area (Å²) in [6, 6.07) is 5.71.